The molecule has 3 atom stereocenters. The van der Waals surface area contributed by atoms with Crippen molar-refractivity contribution in [2.24, 2.45) is 23.3 Å². The lowest BCUT2D eigenvalue weighted by atomic mass is 9.71. The first kappa shape index (κ1) is 24.1. The SMILES string of the molecule is COCCn1c(=O)sc2ccc(-c3ccc(CC(C#N)C4COCCC4(N)C(N)=O)cc3)cc21. The summed E-state index contributed by atoms with van der Waals surface area (Å²) in [4.78, 5) is 24.4. The molecule has 1 aliphatic heterocycles. The van der Waals surface area contributed by atoms with Crippen LogP contribution in [0, 0.1) is 23.2 Å². The molecule has 8 nitrogen and oxygen atoms in total. The lowest BCUT2D eigenvalue weighted by Gasteiger charge is -2.40. The molecular weight excluding hydrogens is 452 g/mol. The van der Waals surface area contributed by atoms with E-state index in [0.29, 0.717) is 32.6 Å². The zero-order valence-corrected chi connectivity index (χ0v) is 19.8. The highest BCUT2D eigenvalue weighted by molar-refractivity contribution is 7.16. The van der Waals surface area contributed by atoms with Crippen LogP contribution in [0.4, 0.5) is 0 Å². The maximum Gasteiger partial charge on any atom is 0.308 e. The average Bonchev–Trinajstić information content (AvgIpc) is 3.16. The number of benzene rings is 2. The van der Waals surface area contributed by atoms with Gasteiger partial charge in [0.15, 0.2) is 0 Å². The molecule has 178 valence electrons. The fraction of sp³-hybridized carbons (Fsp3) is 0.400. The number of primary amides is 1. The first-order valence-electron chi connectivity index (χ1n) is 11.1. The molecule has 0 saturated carbocycles. The Kier molecular flexibility index (Phi) is 7.14. The molecular formula is C25H28N4O4S. The van der Waals surface area contributed by atoms with Crippen LogP contribution in [-0.4, -0.2) is 42.9 Å². The number of hydrogen-bond acceptors (Lipinski definition) is 7. The summed E-state index contributed by atoms with van der Waals surface area (Å²) in [6, 6.07) is 16.2. The van der Waals surface area contributed by atoms with Gasteiger partial charge in [-0.25, -0.2) is 0 Å². The van der Waals surface area contributed by atoms with Crippen molar-refractivity contribution < 1.29 is 14.3 Å². The highest BCUT2D eigenvalue weighted by Crippen LogP contribution is 2.33. The summed E-state index contributed by atoms with van der Waals surface area (Å²) in [7, 11) is 1.62. The Balaban J connectivity index is 1.56. The van der Waals surface area contributed by atoms with E-state index in [0.717, 1.165) is 26.9 Å². The van der Waals surface area contributed by atoms with E-state index in [-0.39, 0.29) is 11.5 Å². The zero-order chi connectivity index (χ0) is 24.3. The lowest BCUT2D eigenvalue weighted by Crippen LogP contribution is -2.63. The van der Waals surface area contributed by atoms with Gasteiger partial charge in [0, 0.05) is 19.6 Å². The number of aromatic nitrogens is 1. The van der Waals surface area contributed by atoms with Crippen molar-refractivity contribution >= 4 is 27.5 Å². The Hall–Kier alpha value is -3.03. The molecule has 1 saturated heterocycles. The van der Waals surface area contributed by atoms with Crippen LogP contribution in [-0.2, 0) is 27.2 Å². The molecule has 0 radical (unpaired) electrons. The molecule has 4 N–H and O–H groups in total. The second-order valence-electron chi connectivity index (χ2n) is 8.67. The first-order valence-corrected chi connectivity index (χ1v) is 12.0. The van der Waals surface area contributed by atoms with Gasteiger partial charge in [-0.3, -0.25) is 14.2 Å². The van der Waals surface area contributed by atoms with Gasteiger partial charge >= 0.3 is 4.87 Å². The van der Waals surface area contributed by atoms with Gasteiger partial charge in [0.2, 0.25) is 5.91 Å². The number of carbonyl (C=O) groups is 1. The third-order valence-corrected chi connectivity index (χ3v) is 7.62. The largest absolute Gasteiger partial charge is 0.383 e. The van der Waals surface area contributed by atoms with E-state index in [4.69, 9.17) is 20.9 Å². The highest BCUT2D eigenvalue weighted by atomic mass is 32.1. The molecule has 3 aromatic rings. The van der Waals surface area contributed by atoms with E-state index in [1.54, 1.807) is 11.7 Å². The predicted molar refractivity (Wildman–Crippen MR) is 131 cm³/mol. The second kappa shape index (κ2) is 10.1. The van der Waals surface area contributed by atoms with E-state index >= 15 is 0 Å². The van der Waals surface area contributed by atoms with Crippen molar-refractivity contribution in [3.63, 3.8) is 0 Å². The number of amides is 1. The van der Waals surface area contributed by atoms with Gasteiger partial charge in [0.05, 0.1) is 42.0 Å². The summed E-state index contributed by atoms with van der Waals surface area (Å²) in [5, 5.41) is 9.83. The van der Waals surface area contributed by atoms with Gasteiger partial charge in [-0.05, 0) is 41.7 Å². The van der Waals surface area contributed by atoms with Crippen LogP contribution in [0.2, 0.25) is 0 Å². The minimum atomic E-state index is -1.24. The van der Waals surface area contributed by atoms with Crippen LogP contribution < -0.4 is 16.3 Å². The number of carbonyl (C=O) groups excluding carboxylic acids is 1. The zero-order valence-electron chi connectivity index (χ0n) is 19.0. The number of nitrogens with two attached hydrogens (primary N) is 2. The van der Waals surface area contributed by atoms with Crippen LogP contribution in [0.15, 0.2) is 47.3 Å². The number of thiazole rings is 1. The van der Waals surface area contributed by atoms with Crippen molar-refractivity contribution in [2.45, 2.75) is 24.9 Å². The van der Waals surface area contributed by atoms with Crippen molar-refractivity contribution in [3.05, 3.63) is 57.7 Å². The number of fused-ring (bicyclic) bond motifs is 1. The Bertz CT molecular complexity index is 1280. The standard InChI is InChI=1S/C25H28N4O4S/c1-32-11-9-29-21-13-18(6-7-22(21)34-24(29)31)17-4-2-16(3-5-17)12-19(14-26)20-15-33-10-8-25(20,28)23(27)30/h2-7,13,19-20H,8-12,15,28H2,1H3,(H2,27,30). The molecule has 1 aliphatic rings. The topological polar surface area (TPSA) is 133 Å². The molecule has 1 aromatic heterocycles. The van der Waals surface area contributed by atoms with Crippen molar-refractivity contribution in [2.75, 3.05) is 26.9 Å². The summed E-state index contributed by atoms with van der Waals surface area (Å²) < 4.78 is 13.3. The van der Waals surface area contributed by atoms with Crippen molar-refractivity contribution in [1.82, 2.24) is 4.57 Å². The Morgan fingerprint density at radius 2 is 2.06 bits per heavy atom. The van der Waals surface area contributed by atoms with E-state index in [1.165, 1.54) is 11.3 Å². The van der Waals surface area contributed by atoms with Crippen molar-refractivity contribution in [1.29, 1.82) is 5.26 Å². The molecule has 2 heterocycles. The van der Waals surface area contributed by atoms with E-state index < -0.39 is 23.3 Å². The maximum absolute atomic E-state index is 12.3. The fourth-order valence-corrected chi connectivity index (χ4v) is 5.47. The number of methoxy groups -OCH3 is 1. The smallest absolute Gasteiger partial charge is 0.308 e. The van der Waals surface area contributed by atoms with E-state index in [2.05, 4.69) is 6.07 Å². The molecule has 1 fully saturated rings. The quantitative estimate of drug-likeness (QED) is 0.508. The third-order valence-electron chi connectivity index (χ3n) is 6.66. The normalized spacial score (nSPS) is 21.3. The van der Waals surface area contributed by atoms with E-state index in [9.17, 15) is 14.9 Å². The average molecular weight is 481 g/mol. The molecule has 3 unspecified atom stereocenters. The molecule has 1 amide bonds. The number of nitriles is 1. The second-order valence-corrected chi connectivity index (χ2v) is 9.66. The summed E-state index contributed by atoms with van der Waals surface area (Å²) >= 11 is 1.23. The number of hydrogen-bond donors (Lipinski definition) is 2. The molecule has 0 bridgehead atoms. The molecule has 0 spiro atoms. The predicted octanol–water partition coefficient (Wildman–Crippen LogP) is 2.28. The van der Waals surface area contributed by atoms with Crippen LogP contribution in [0.3, 0.4) is 0 Å². The van der Waals surface area contributed by atoms with Crippen LogP contribution in [0.1, 0.15) is 12.0 Å². The summed E-state index contributed by atoms with van der Waals surface area (Å²) in [5.74, 6) is -1.56. The number of rotatable bonds is 8. The molecule has 34 heavy (non-hydrogen) atoms. The van der Waals surface area contributed by atoms with E-state index in [1.807, 2.05) is 42.5 Å². The maximum atomic E-state index is 12.3. The number of ether oxygens (including phenoxy) is 2. The molecule has 0 aliphatic carbocycles. The van der Waals surface area contributed by atoms with Crippen LogP contribution in [0.5, 0.6) is 0 Å². The summed E-state index contributed by atoms with van der Waals surface area (Å²) in [5.41, 5.74) is 14.5. The molecule has 9 heteroatoms. The first-order chi connectivity index (χ1) is 16.4. The molecule has 2 aromatic carbocycles. The minimum absolute atomic E-state index is 0.000672. The Morgan fingerprint density at radius 1 is 1.32 bits per heavy atom. The van der Waals surface area contributed by atoms with Gasteiger partial charge < -0.3 is 20.9 Å². The van der Waals surface area contributed by atoms with Gasteiger partial charge in [-0.2, -0.15) is 5.26 Å². The minimum Gasteiger partial charge on any atom is -0.383 e. The molecule has 4 rings (SSSR count). The van der Waals surface area contributed by atoms with Crippen LogP contribution >= 0.6 is 11.3 Å². The number of nitrogens with zero attached hydrogens (tertiary/aromatic N) is 2. The summed E-state index contributed by atoms with van der Waals surface area (Å²) in [6.45, 7) is 1.57. The Morgan fingerprint density at radius 3 is 2.74 bits per heavy atom. The van der Waals surface area contributed by atoms with Gasteiger partial charge in [-0.1, -0.05) is 41.7 Å². The monoisotopic (exact) mass is 480 g/mol. The van der Waals surface area contributed by atoms with Crippen molar-refractivity contribution in [3.8, 4) is 17.2 Å². The fourth-order valence-electron chi connectivity index (χ4n) is 4.57. The van der Waals surface area contributed by atoms with Gasteiger partial charge in [0.25, 0.3) is 0 Å². The lowest BCUT2D eigenvalue weighted by molar-refractivity contribution is -0.131. The van der Waals surface area contributed by atoms with Crippen LogP contribution in [0.25, 0.3) is 21.3 Å². The Labute approximate surface area is 201 Å². The third kappa shape index (κ3) is 4.63. The van der Waals surface area contributed by atoms with Gasteiger partial charge in [-0.15, -0.1) is 0 Å². The van der Waals surface area contributed by atoms with Gasteiger partial charge in [0.1, 0.15) is 5.54 Å². The highest BCUT2D eigenvalue weighted by Gasteiger charge is 2.46. The summed E-state index contributed by atoms with van der Waals surface area (Å²) in [6.07, 6.45) is 0.752.